The molecule has 0 bridgehead atoms. The summed E-state index contributed by atoms with van der Waals surface area (Å²) in [7, 11) is -2.96. The zero-order valence-corrected chi connectivity index (χ0v) is 15.6. The topological polar surface area (TPSA) is 89.2 Å². The molecule has 0 spiro atoms. The summed E-state index contributed by atoms with van der Waals surface area (Å²) < 4.78 is 29.2. The van der Waals surface area contributed by atoms with Gasteiger partial charge in [-0.15, -0.1) is 11.3 Å². The zero-order valence-electron chi connectivity index (χ0n) is 14.0. The molecule has 3 aromatic heterocycles. The van der Waals surface area contributed by atoms with Crippen LogP contribution in [0.3, 0.4) is 0 Å². The predicted molar refractivity (Wildman–Crippen MR) is 98.2 cm³/mol. The minimum absolute atomic E-state index is 0.0349. The van der Waals surface area contributed by atoms with Gasteiger partial charge in [0.25, 0.3) is 0 Å². The molecule has 1 saturated heterocycles. The minimum atomic E-state index is -2.96. The van der Waals surface area contributed by atoms with Crippen molar-refractivity contribution in [1.29, 1.82) is 0 Å². The normalized spacial score (nSPS) is 19.2. The van der Waals surface area contributed by atoms with Crippen molar-refractivity contribution in [2.45, 2.75) is 25.6 Å². The van der Waals surface area contributed by atoms with E-state index in [4.69, 9.17) is 4.52 Å². The lowest BCUT2D eigenvalue weighted by Gasteiger charge is -2.25. The lowest BCUT2D eigenvalue weighted by atomic mass is 10.2. The number of hydrogen-bond acceptors (Lipinski definition) is 8. The Bertz CT molecular complexity index is 955. The quantitative estimate of drug-likeness (QED) is 0.638. The van der Waals surface area contributed by atoms with Gasteiger partial charge in [-0.1, -0.05) is 17.3 Å². The van der Waals surface area contributed by atoms with Gasteiger partial charge in [0.2, 0.25) is 11.7 Å². The minimum Gasteiger partial charge on any atom is -0.337 e. The molecule has 1 atom stereocenters. The summed E-state index contributed by atoms with van der Waals surface area (Å²) >= 11 is 1.65. The van der Waals surface area contributed by atoms with Crippen LogP contribution in [-0.2, 0) is 22.9 Å². The number of sulfone groups is 1. The van der Waals surface area contributed by atoms with Crippen molar-refractivity contribution in [3.05, 3.63) is 52.7 Å². The van der Waals surface area contributed by atoms with Crippen LogP contribution in [-0.4, -0.2) is 46.0 Å². The number of thiophene rings is 1. The summed E-state index contributed by atoms with van der Waals surface area (Å²) in [5, 5.41) is 6.02. The van der Waals surface area contributed by atoms with E-state index in [-0.39, 0.29) is 17.5 Å². The highest BCUT2D eigenvalue weighted by Gasteiger charge is 2.33. The van der Waals surface area contributed by atoms with Crippen LogP contribution in [0.2, 0.25) is 0 Å². The van der Waals surface area contributed by atoms with E-state index in [9.17, 15) is 8.42 Å². The Morgan fingerprint density at radius 1 is 1.23 bits per heavy atom. The van der Waals surface area contributed by atoms with Crippen LogP contribution in [0.5, 0.6) is 0 Å². The lowest BCUT2D eigenvalue weighted by molar-refractivity contribution is 0.170. The van der Waals surface area contributed by atoms with E-state index >= 15 is 0 Å². The van der Waals surface area contributed by atoms with Crippen LogP contribution in [0, 0.1) is 0 Å². The van der Waals surface area contributed by atoms with Crippen molar-refractivity contribution in [3.63, 3.8) is 0 Å². The van der Waals surface area contributed by atoms with Crippen LogP contribution < -0.4 is 0 Å². The van der Waals surface area contributed by atoms with Crippen molar-refractivity contribution in [2.24, 2.45) is 0 Å². The second-order valence-electron chi connectivity index (χ2n) is 6.27. The van der Waals surface area contributed by atoms with Gasteiger partial charge in [0.15, 0.2) is 9.84 Å². The monoisotopic (exact) mass is 390 g/mol. The molecule has 4 rings (SSSR count). The standard InChI is InChI=1S/C17H18N4O3S2/c22-26(23)9-6-13(12-26)21(10-14-4-3-8-25-14)11-16-19-17(20-24-16)15-5-1-2-7-18-15/h1-5,7-8,13H,6,9-12H2. The van der Waals surface area contributed by atoms with Crippen molar-refractivity contribution in [3.8, 4) is 11.5 Å². The Kier molecular flexibility index (Phi) is 4.84. The maximum absolute atomic E-state index is 11.9. The Morgan fingerprint density at radius 2 is 2.15 bits per heavy atom. The van der Waals surface area contributed by atoms with Crippen molar-refractivity contribution < 1.29 is 12.9 Å². The van der Waals surface area contributed by atoms with E-state index in [0.717, 1.165) is 0 Å². The Hall–Kier alpha value is -2.10. The van der Waals surface area contributed by atoms with Gasteiger partial charge in [-0.25, -0.2) is 8.42 Å². The summed E-state index contributed by atoms with van der Waals surface area (Å²) in [5.74, 6) is 1.32. The van der Waals surface area contributed by atoms with E-state index in [2.05, 4.69) is 20.0 Å². The Labute approximate surface area is 155 Å². The van der Waals surface area contributed by atoms with Gasteiger partial charge in [0, 0.05) is 23.7 Å². The summed E-state index contributed by atoms with van der Waals surface area (Å²) in [6, 6.07) is 9.52. The average Bonchev–Trinajstić information content (AvgIpc) is 3.36. The molecule has 0 saturated carbocycles. The molecule has 4 heterocycles. The van der Waals surface area contributed by atoms with Gasteiger partial charge in [0.05, 0.1) is 18.1 Å². The lowest BCUT2D eigenvalue weighted by Crippen LogP contribution is -2.35. The van der Waals surface area contributed by atoms with Crippen molar-refractivity contribution in [1.82, 2.24) is 20.0 Å². The van der Waals surface area contributed by atoms with E-state index < -0.39 is 9.84 Å². The van der Waals surface area contributed by atoms with Crippen LogP contribution in [0.4, 0.5) is 0 Å². The molecule has 0 amide bonds. The van der Waals surface area contributed by atoms with E-state index in [1.54, 1.807) is 17.5 Å². The fourth-order valence-electron chi connectivity index (χ4n) is 3.07. The third-order valence-corrected chi connectivity index (χ3v) is 6.98. The molecule has 0 radical (unpaired) electrons. The largest absolute Gasteiger partial charge is 0.337 e. The number of aromatic nitrogens is 3. The first-order chi connectivity index (χ1) is 12.6. The molecule has 3 aromatic rings. The molecule has 0 aliphatic carbocycles. The molecular formula is C17H18N4O3S2. The average molecular weight is 390 g/mol. The Morgan fingerprint density at radius 3 is 2.85 bits per heavy atom. The maximum atomic E-state index is 11.9. The maximum Gasteiger partial charge on any atom is 0.241 e. The molecule has 9 heteroatoms. The van der Waals surface area contributed by atoms with Gasteiger partial charge in [-0.2, -0.15) is 4.98 Å². The molecule has 1 unspecified atom stereocenters. The predicted octanol–water partition coefficient (Wildman–Crippen LogP) is 2.38. The highest BCUT2D eigenvalue weighted by molar-refractivity contribution is 7.91. The molecule has 26 heavy (non-hydrogen) atoms. The van der Waals surface area contributed by atoms with Crippen LogP contribution in [0.25, 0.3) is 11.5 Å². The van der Waals surface area contributed by atoms with Crippen molar-refractivity contribution in [2.75, 3.05) is 11.5 Å². The zero-order chi connectivity index (χ0) is 18.0. The Balaban J connectivity index is 1.54. The van der Waals surface area contributed by atoms with Crippen LogP contribution in [0.15, 0.2) is 46.4 Å². The highest BCUT2D eigenvalue weighted by Crippen LogP contribution is 2.24. The third kappa shape index (κ3) is 4.00. The molecular weight excluding hydrogens is 372 g/mol. The smallest absolute Gasteiger partial charge is 0.241 e. The second-order valence-corrected chi connectivity index (χ2v) is 9.53. The molecule has 0 N–H and O–H groups in total. The first-order valence-corrected chi connectivity index (χ1v) is 11.0. The van der Waals surface area contributed by atoms with Gasteiger partial charge in [-0.05, 0) is 30.0 Å². The second kappa shape index (κ2) is 7.26. The summed E-state index contributed by atoms with van der Waals surface area (Å²) in [4.78, 5) is 11.9. The first kappa shape index (κ1) is 17.3. The fourth-order valence-corrected chi connectivity index (χ4v) is 5.56. The van der Waals surface area contributed by atoms with Gasteiger partial charge < -0.3 is 4.52 Å². The van der Waals surface area contributed by atoms with Gasteiger partial charge in [0.1, 0.15) is 5.69 Å². The van der Waals surface area contributed by atoms with E-state index in [0.29, 0.717) is 36.9 Å². The number of hydrogen-bond donors (Lipinski definition) is 0. The fraction of sp³-hybridized carbons (Fsp3) is 0.353. The van der Waals surface area contributed by atoms with E-state index in [1.807, 2.05) is 35.7 Å². The number of rotatable bonds is 6. The molecule has 7 nitrogen and oxygen atoms in total. The van der Waals surface area contributed by atoms with Crippen molar-refractivity contribution >= 4 is 21.2 Å². The molecule has 0 aromatic carbocycles. The van der Waals surface area contributed by atoms with Gasteiger partial charge in [-0.3, -0.25) is 9.88 Å². The third-order valence-electron chi connectivity index (χ3n) is 4.36. The van der Waals surface area contributed by atoms with E-state index in [1.165, 1.54) is 4.88 Å². The van der Waals surface area contributed by atoms with Crippen LogP contribution in [0.1, 0.15) is 17.2 Å². The molecule has 136 valence electrons. The highest BCUT2D eigenvalue weighted by atomic mass is 32.2. The number of pyridine rings is 1. The first-order valence-electron chi connectivity index (χ1n) is 8.30. The molecule has 1 aliphatic heterocycles. The van der Waals surface area contributed by atoms with Gasteiger partial charge >= 0.3 is 0 Å². The van der Waals surface area contributed by atoms with Crippen LogP contribution >= 0.6 is 11.3 Å². The molecule has 1 fully saturated rings. The number of nitrogens with zero attached hydrogens (tertiary/aromatic N) is 4. The summed E-state index contributed by atoms with van der Waals surface area (Å²) in [6.07, 6.45) is 2.31. The summed E-state index contributed by atoms with van der Waals surface area (Å²) in [6.45, 7) is 1.08. The summed E-state index contributed by atoms with van der Waals surface area (Å²) in [5.41, 5.74) is 0.649. The SMILES string of the molecule is O=S1(=O)CCC(N(Cc2nc(-c3ccccn3)no2)Cc2cccs2)C1. The molecule has 1 aliphatic rings.